The Morgan fingerprint density at radius 1 is 1.14 bits per heavy atom. The molecule has 1 aliphatic carbocycles. The molecule has 1 fully saturated rings. The highest BCUT2D eigenvalue weighted by atomic mass is 15.2. The summed E-state index contributed by atoms with van der Waals surface area (Å²) in [7, 11) is 0. The topological polar surface area (TPSA) is 38.0 Å². The van der Waals surface area contributed by atoms with Crippen LogP contribution in [0.2, 0.25) is 0 Å². The largest absolute Gasteiger partial charge is 0.271 e. The van der Waals surface area contributed by atoms with Crippen LogP contribution in [-0.4, -0.2) is 6.04 Å². The van der Waals surface area contributed by atoms with Crippen LogP contribution < -0.4 is 11.3 Å². The molecular formula is C12H26N2. The van der Waals surface area contributed by atoms with Crippen molar-refractivity contribution in [2.45, 2.75) is 64.8 Å². The van der Waals surface area contributed by atoms with E-state index in [1.807, 2.05) is 0 Å². The summed E-state index contributed by atoms with van der Waals surface area (Å²) >= 11 is 0. The lowest BCUT2D eigenvalue weighted by Gasteiger charge is -2.24. The minimum absolute atomic E-state index is 0.512. The van der Waals surface area contributed by atoms with E-state index in [2.05, 4.69) is 19.3 Å². The molecule has 0 bridgehead atoms. The molecular weight excluding hydrogens is 172 g/mol. The highest BCUT2D eigenvalue weighted by molar-refractivity contribution is 4.74. The molecule has 84 valence electrons. The molecule has 1 unspecified atom stereocenters. The summed E-state index contributed by atoms with van der Waals surface area (Å²) in [6.07, 6.45) is 9.86. The second-order valence-electron chi connectivity index (χ2n) is 5.11. The Morgan fingerprint density at radius 3 is 2.14 bits per heavy atom. The van der Waals surface area contributed by atoms with E-state index in [1.165, 1.54) is 44.9 Å². The molecule has 3 N–H and O–H groups in total. The Labute approximate surface area is 88.6 Å². The number of hydrogen-bond donors (Lipinski definition) is 2. The molecule has 0 aromatic heterocycles. The van der Waals surface area contributed by atoms with E-state index >= 15 is 0 Å². The minimum atomic E-state index is 0.512. The molecule has 0 heterocycles. The second kappa shape index (κ2) is 6.41. The fourth-order valence-corrected chi connectivity index (χ4v) is 2.49. The van der Waals surface area contributed by atoms with Gasteiger partial charge in [0.1, 0.15) is 0 Å². The van der Waals surface area contributed by atoms with Gasteiger partial charge in [-0.1, -0.05) is 52.4 Å². The summed E-state index contributed by atoms with van der Waals surface area (Å²) in [6, 6.07) is 0.512. The molecule has 0 radical (unpaired) electrons. The van der Waals surface area contributed by atoms with E-state index < -0.39 is 0 Å². The van der Waals surface area contributed by atoms with Crippen molar-refractivity contribution in [3.05, 3.63) is 0 Å². The Balaban J connectivity index is 2.32. The van der Waals surface area contributed by atoms with Crippen LogP contribution in [0.15, 0.2) is 0 Å². The molecule has 1 atom stereocenters. The molecule has 0 aromatic carbocycles. The van der Waals surface area contributed by atoms with Gasteiger partial charge < -0.3 is 0 Å². The van der Waals surface area contributed by atoms with Gasteiger partial charge in [-0.05, 0) is 18.3 Å². The highest BCUT2D eigenvalue weighted by Gasteiger charge is 2.19. The molecule has 0 amide bonds. The van der Waals surface area contributed by atoms with Gasteiger partial charge in [0.15, 0.2) is 0 Å². The molecule has 0 spiro atoms. The van der Waals surface area contributed by atoms with Crippen LogP contribution in [0, 0.1) is 11.8 Å². The zero-order valence-corrected chi connectivity index (χ0v) is 9.76. The zero-order valence-electron chi connectivity index (χ0n) is 9.76. The average molecular weight is 198 g/mol. The monoisotopic (exact) mass is 198 g/mol. The summed E-state index contributed by atoms with van der Waals surface area (Å²) in [6.45, 7) is 4.50. The Hall–Kier alpha value is -0.0800. The predicted molar refractivity (Wildman–Crippen MR) is 61.8 cm³/mol. The van der Waals surface area contributed by atoms with Gasteiger partial charge in [0.25, 0.3) is 0 Å². The van der Waals surface area contributed by atoms with Crippen LogP contribution >= 0.6 is 0 Å². The molecule has 14 heavy (non-hydrogen) atoms. The van der Waals surface area contributed by atoms with Gasteiger partial charge in [-0.2, -0.15) is 0 Å². The van der Waals surface area contributed by atoms with Crippen LogP contribution in [0.5, 0.6) is 0 Å². The van der Waals surface area contributed by atoms with Crippen LogP contribution in [-0.2, 0) is 0 Å². The third-order valence-electron chi connectivity index (χ3n) is 3.58. The normalized spacial score (nSPS) is 22.3. The van der Waals surface area contributed by atoms with Gasteiger partial charge in [0.2, 0.25) is 0 Å². The van der Waals surface area contributed by atoms with Crippen molar-refractivity contribution in [3.63, 3.8) is 0 Å². The van der Waals surface area contributed by atoms with Crippen LogP contribution in [0.4, 0.5) is 0 Å². The molecule has 0 aromatic rings. The maximum absolute atomic E-state index is 5.58. The molecule has 1 aliphatic rings. The van der Waals surface area contributed by atoms with E-state index in [0.717, 1.165) is 5.92 Å². The van der Waals surface area contributed by atoms with Gasteiger partial charge in [-0.3, -0.25) is 11.3 Å². The Morgan fingerprint density at radius 2 is 1.71 bits per heavy atom. The summed E-state index contributed by atoms with van der Waals surface area (Å²) in [5.74, 6) is 7.15. The van der Waals surface area contributed by atoms with E-state index in [4.69, 9.17) is 5.84 Å². The first-order valence-electron chi connectivity index (χ1n) is 6.20. The first kappa shape index (κ1) is 12.0. The molecule has 0 aliphatic heterocycles. The SMILES string of the molecule is CC(C)C(CC1CCCCCC1)NN. The average Bonchev–Trinajstić information content (AvgIpc) is 2.41. The van der Waals surface area contributed by atoms with Crippen molar-refractivity contribution in [3.8, 4) is 0 Å². The Bertz CT molecular complexity index is 137. The quantitative estimate of drug-likeness (QED) is 0.414. The van der Waals surface area contributed by atoms with Gasteiger partial charge in [0.05, 0.1) is 0 Å². The number of rotatable bonds is 4. The smallest absolute Gasteiger partial charge is 0.0236 e. The lowest BCUT2D eigenvalue weighted by molar-refractivity contribution is 0.302. The van der Waals surface area contributed by atoms with Gasteiger partial charge in [-0.15, -0.1) is 0 Å². The molecule has 2 heteroatoms. The number of nitrogens with one attached hydrogen (secondary N) is 1. The number of nitrogens with two attached hydrogens (primary N) is 1. The van der Waals surface area contributed by atoms with E-state index in [1.54, 1.807) is 0 Å². The standard InChI is InChI=1S/C12H26N2/c1-10(2)12(14-13)9-11-7-5-3-4-6-8-11/h10-12,14H,3-9,13H2,1-2H3. The number of hydrazine groups is 1. The fourth-order valence-electron chi connectivity index (χ4n) is 2.49. The first-order valence-corrected chi connectivity index (χ1v) is 6.20. The maximum Gasteiger partial charge on any atom is 0.0236 e. The van der Waals surface area contributed by atoms with Crippen molar-refractivity contribution in [2.75, 3.05) is 0 Å². The van der Waals surface area contributed by atoms with Crippen molar-refractivity contribution >= 4 is 0 Å². The summed E-state index contributed by atoms with van der Waals surface area (Å²) in [5, 5.41) is 0. The lowest BCUT2D eigenvalue weighted by atomic mass is 9.88. The maximum atomic E-state index is 5.58. The third-order valence-corrected chi connectivity index (χ3v) is 3.58. The lowest BCUT2D eigenvalue weighted by Crippen LogP contribution is -2.40. The highest BCUT2D eigenvalue weighted by Crippen LogP contribution is 2.27. The van der Waals surface area contributed by atoms with Gasteiger partial charge in [0, 0.05) is 6.04 Å². The summed E-state index contributed by atoms with van der Waals surface area (Å²) < 4.78 is 0. The van der Waals surface area contributed by atoms with Crippen molar-refractivity contribution in [2.24, 2.45) is 17.7 Å². The second-order valence-corrected chi connectivity index (χ2v) is 5.11. The van der Waals surface area contributed by atoms with Crippen LogP contribution in [0.1, 0.15) is 58.8 Å². The van der Waals surface area contributed by atoms with Crippen LogP contribution in [0.25, 0.3) is 0 Å². The fraction of sp³-hybridized carbons (Fsp3) is 1.00. The van der Waals surface area contributed by atoms with E-state index in [0.29, 0.717) is 12.0 Å². The molecule has 0 saturated heterocycles. The van der Waals surface area contributed by atoms with E-state index in [9.17, 15) is 0 Å². The first-order chi connectivity index (χ1) is 6.74. The zero-order chi connectivity index (χ0) is 10.4. The van der Waals surface area contributed by atoms with Crippen molar-refractivity contribution in [1.82, 2.24) is 5.43 Å². The minimum Gasteiger partial charge on any atom is -0.271 e. The summed E-state index contributed by atoms with van der Waals surface area (Å²) in [4.78, 5) is 0. The van der Waals surface area contributed by atoms with E-state index in [-0.39, 0.29) is 0 Å². The van der Waals surface area contributed by atoms with Gasteiger partial charge in [-0.25, -0.2) is 0 Å². The van der Waals surface area contributed by atoms with Crippen molar-refractivity contribution in [1.29, 1.82) is 0 Å². The molecule has 1 rings (SSSR count). The Kier molecular flexibility index (Phi) is 5.49. The third kappa shape index (κ3) is 3.97. The molecule has 1 saturated carbocycles. The number of hydrogen-bond acceptors (Lipinski definition) is 2. The van der Waals surface area contributed by atoms with Crippen LogP contribution in [0.3, 0.4) is 0 Å². The predicted octanol–water partition coefficient (Wildman–Crippen LogP) is 2.83. The molecule has 2 nitrogen and oxygen atoms in total. The van der Waals surface area contributed by atoms with Gasteiger partial charge >= 0.3 is 0 Å². The summed E-state index contributed by atoms with van der Waals surface area (Å²) in [5.41, 5.74) is 2.97. The van der Waals surface area contributed by atoms with Crippen molar-refractivity contribution < 1.29 is 0 Å².